The zero-order chi connectivity index (χ0) is 13.6. The first-order valence-corrected chi connectivity index (χ1v) is 5.64. The molecule has 0 aliphatic carbocycles. The van der Waals surface area contributed by atoms with Gasteiger partial charge in [-0.1, -0.05) is 5.16 Å². The topological polar surface area (TPSA) is 90.0 Å². The smallest absolute Gasteiger partial charge is 0.224 e. The number of aromatic nitrogens is 1. The summed E-state index contributed by atoms with van der Waals surface area (Å²) >= 11 is 0. The van der Waals surface area contributed by atoms with Crippen LogP contribution >= 0.6 is 0 Å². The van der Waals surface area contributed by atoms with E-state index in [1.807, 2.05) is 20.8 Å². The van der Waals surface area contributed by atoms with Gasteiger partial charge in [0.05, 0.1) is 17.8 Å². The maximum absolute atomic E-state index is 8.65. The number of rotatable bonds is 5. The molecule has 18 heavy (non-hydrogen) atoms. The second-order valence-corrected chi connectivity index (χ2v) is 4.65. The molecular formula is C12H19N3O3. The van der Waals surface area contributed by atoms with E-state index >= 15 is 0 Å². The molecule has 0 aromatic carbocycles. The van der Waals surface area contributed by atoms with E-state index in [0.717, 1.165) is 0 Å². The minimum atomic E-state index is -0.206. The fourth-order valence-corrected chi connectivity index (χ4v) is 1.24. The van der Waals surface area contributed by atoms with E-state index in [9.17, 15) is 0 Å². The molecule has 0 amide bonds. The van der Waals surface area contributed by atoms with Gasteiger partial charge in [-0.25, -0.2) is 4.98 Å². The molecule has 0 fully saturated rings. The Morgan fingerprint density at radius 1 is 1.44 bits per heavy atom. The van der Waals surface area contributed by atoms with Crippen molar-refractivity contribution < 1.29 is 14.7 Å². The van der Waals surface area contributed by atoms with Crippen LogP contribution in [-0.2, 0) is 4.74 Å². The number of hydrogen-bond acceptors (Lipinski definition) is 5. The first-order valence-electron chi connectivity index (χ1n) is 5.64. The van der Waals surface area contributed by atoms with Crippen molar-refractivity contribution in [2.75, 3.05) is 13.2 Å². The van der Waals surface area contributed by atoms with Crippen LogP contribution in [0.5, 0.6) is 5.88 Å². The normalized spacial score (nSPS) is 12.5. The van der Waals surface area contributed by atoms with E-state index in [1.165, 1.54) is 0 Å². The Labute approximate surface area is 106 Å². The van der Waals surface area contributed by atoms with Crippen LogP contribution in [0.3, 0.4) is 0 Å². The number of pyridine rings is 1. The zero-order valence-electron chi connectivity index (χ0n) is 10.9. The number of hydrogen-bond donors (Lipinski definition) is 2. The van der Waals surface area contributed by atoms with E-state index in [4.69, 9.17) is 20.4 Å². The van der Waals surface area contributed by atoms with Gasteiger partial charge in [0.25, 0.3) is 0 Å². The van der Waals surface area contributed by atoms with Gasteiger partial charge in [0.15, 0.2) is 5.84 Å². The van der Waals surface area contributed by atoms with Gasteiger partial charge >= 0.3 is 0 Å². The second-order valence-electron chi connectivity index (χ2n) is 4.65. The van der Waals surface area contributed by atoms with Crippen molar-refractivity contribution in [1.29, 1.82) is 0 Å². The second kappa shape index (κ2) is 6.20. The van der Waals surface area contributed by atoms with Crippen molar-refractivity contribution in [1.82, 2.24) is 4.98 Å². The van der Waals surface area contributed by atoms with E-state index in [0.29, 0.717) is 24.7 Å². The van der Waals surface area contributed by atoms with Crippen LogP contribution in [-0.4, -0.2) is 34.8 Å². The molecule has 0 radical (unpaired) electrons. The fraction of sp³-hybridized carbons (Fsp3) is 0.500. The summed E-state index contributed by atoms with van der Waals surface area (Å²) in [7, 11) is 0. The van der Waals surface area contributed by atoms with Crippen LogP contribution in [0.15, 0.2) is 23.5 Å². The lowest BCUT2D eigenvalue weighted by Crippen LogP contribution is -2.23. The van der Waals surface area contributed by atoms with Crippen molar-refractivity contribution in [2.24, 2.45) is 10.9 Å². The Bertz CT molecular complexity index is 413. The van der Waals surface area contributed by atoms with Gasteiger partial charge in [-0.3, -0.25) is 0 Å². The highest BCUT2D eigenvalue weighted by Crippen LogP contribution is 2.14. The quantitative estimate of drug-likeness (QED) is 0.272. The summed E-state index contributed by atoms with van der Waals surface area (Å²) in [6.45, 7) is 6.69. The summed E-state index contributed by atoms with van der Waals surface area (Å²) in [5.41, 5.74) is 5.77. The summed E-state index contributed by atoms with van der Waals surface area (Å²) in [5.74, 6) is 0.292. The predicted octanol–water partition coefficient (Wildman–Crippen LogP) is 1.37. The first kappa shape index (κ1) is 14.2. The molecule has 1 rings (SSSR count). The average Bonchev–Trinajstić information content (AvgIpc) is 2.33. The Kier molecular flexibility index (Phi) is 4.91. The van der Waals surface area contributed by atoms with Gasteiger partial charge < -0.3 is 20.4 Å². The molecule has 6 nitrogen and oxygen atoms in total. The highest BCUT2D eigenvalue weighted by atomic mass is 16.5. The number of amidine groups is 1. The fourth-order valence-electron chi connectivity index (χ4n) is 1.24. The van der Waals surface area contributed by atoms with Gasteiger partial charge in [-0.15, -0.1) is 0 Å². The lowest BCUT2D eigenvalue weighted by Gasteiger charge is -2.19. The zero-order valence-corrected chi connectivity index (χ0v) is 10.9. The van der Waals surface area contributed by atoms with E-state index < -0.39 is 0 Å². The number of nitrogens with two attached hydrogens (primary N) is 1. The SMILES string of the molecule is CC(C)(C)OCCOc1ncccc1/C(N)=N/O. The number of oxime groups is 1. The standard InChI is InChI=1S/C12H19N3O3/c1-12(2,3)18-8-7-17-11-9(10(13)15-16)5-4-6-14-11/h4-6,16H,7-8H2,1-3H3,(H2,13,15). The highest BCUT2D eigenvalue weighted by molar-refractivity contribution is 5.98. The molecule has 0 saturated carbocycles. The third kappa shape index (κ3) is 4.58. The van der Waals surface area contributed by atoms with Gasteiger partial charge in [0, 0.05) is 6.20 Å². The van der Waals surface area contributed by atoms with Crippen molar-refractivity contribution >= 4 is 5.84 Å². The van der Waals surface area contributed by atoms with Gasteiger partial charge in [-0.05, 0) is 32.9 Å². The van der Waals surface area contributed by atoms with Crippen LogP contribution in [0.25, 0.3) is 0 Å². The highest BCUT2D eigenvalue weighted by Gasteiger charge is 2.11. The van der Waals surface area contributed by atoms with Crippen LogP contribution in [0.1, 0.15) is 26.3 Å². The van der Waals surface area contributed by atoms with Crippen LogP contribution in [0.4, 0.5) is 0 Å². The van der Waals surface area contributed by atoms with Gasteiger partial charge in [-0.2, -0.15) is 0 Å². The Morgan fingerprint density at radius 3 is 2.78 bits per heavy atom. The van der Waals surface area contributed by atoms with Crippen LogP contribution < -0.4 is 10.5 Å². The predicted molar refractivity (Wildman–Crippen MR) is 67.9 cm³/mol. The molecule has 1 heterocycles. The molecule has 0 aliphatic heterocycles. The monoisotopic (exact) mass is 253 g/mol. The summed E-state index contributed by atoms with van der Waals surface area (Å²) in [4.78, 5) is 4.03. The summed E-state index contributed by atoms with van der Waals surface area (Å²) in [6.07, 6.45) is 1.58. The van der Waals surface area contributed by atoms with Crippen molar-refractivity contribution in [3.63, 3.8) is 0 Å². The van der Waals surface area contributed by atoms with E-state index in [2.05, 4.69) is 10.1 Å². The Hall–Kier alpha value is -1.82. The lowest BCUT2D eigenvalue weighted by atomic mass is 10.2. The maximum atomic E-state index is 8.65. The first-order chi connectivity index (χ1) is 8.44. The summed E-state index contributed by atoms with van der Waals surface area (Å²) in [6, 6.07) is 3.36. The van der Waals surface area contributed by atoms with Crippen molar-refractivity contribution in [3.8, 4) is 5.88 Å². The molecule has 0 atom stereocenters. The van der Waals surface area contributed by atoms with Crippen LogP contribution in [0.2, 0.25) is 0 Å². The lowest BCUT2D eigenvalue weighted by molar-refractivity contribution is -0.0168. The Morgan fingerprint density at radius 2 is 2.17 bits per heavy atom. The molecule has 6 heteroatoms. The van der Waals surface area contributed by atoms with Gasteiger partial charge in [0.2, 0.25) is 5.88 Å². The molecule has 0 saturated heterocycles. The Balaban J connectivity index is 2.57. The molecule has 3 N–H and O–H groups in total. The van der Waals surface area contributed by atoms with E-state index in [1.54, 1.807) is 18.3 Å². The molecule has 0 aliphatic rings. The molecule has 1 aromatic heterocycles. The minimum absolute atomic E-state index is 0.0326. The minimum Gasteiger partial charge on any atom is -0.475 e. The van der Waals surface area contributed by atoms with Crippen LogP contribution in [0, 0.1) is 0 Å². The third-order valence-corrected chi connectivity index (χ3v) is 2.01. The number of ether oxygens (including phenoxy) is 2. The molecule has 0 unspecified atom stereocenters. The molecule has 100 valence electrons. The molecule has 0 spiro atoms. The molecule has 0 bridgehead atoms. The molecular weight excluding hydrogens is 234 g/mol. The average molecular weight is 253 g/mol. The van der Waals surface area contributed by atoms with Gasteiger partial charge in [0.1, 0.15) is 6.61 Å². The largest absolute Gasteiger partial charge is 0.475 e. The van der Waals surface area contributed by atoms with Crippen molar-refractivity contribution in [2.45, 2.75) is 26.4 Å². The third-order valence-electron chi connectivity index (χ3n) is 2.01. The summed E-state index contributed by atoms with van der Waals surface area (Å²) < 4.78 is 11.0. The molecule has 1 aromatic rings. The summed E-state index contributed by atoms with van der Waals surface area (Å²) in [5, 5.41) is 11.6. The number of nitrogens with zero attached hydrogens (tertiary/aromatic N) is 2. The van der Waals surface area contributed by atoms with E-state index in [-0.39, 0.29) is 11.4 Å². The van der Waals surface area contributed by atoms with Crippen molar-refractivity contribution in [3.05, 3.63) is 23.9 Å². The maximum Gasteiger partial charge on any atom is 0.224 e.